The molecule has 0 aliphatic heterocycles. The monoisotopic (exact) mass is 213 g/mol. The molecular weight excluding hydrogens is 186 g/mol. The van der Waals surface area contributed by atoms with Gasteiger partial charge in [0, 0.05) is 11.5 Å². The van der Waals surface area contributed by atoms with Gasteiger partial charge in [0.1, 0.15) is 0 Å². The molecule has 0 radical (unpaired) electrons. The van der Waals surface area contributed by atoms with Gasteiger partial charge in [0.05, 0.1) is 0 Å². The Labute approximate surface area is 94.8 Å². The number of rotatable bonds is 6. The Morgan fingerprint density at radius 1 is 1.13 bits per heavy atom. The van der Waals surface area contributed by atoms with E-state index in [4.69, 9.17) is 0 Å². The lowest BCUT2D eigenvalue weighted by molar-refractivity contribution is -0.126. The van der Waals surface area contributed by atoms with E-state index >= 15 is 0 Å². The van der Waals surface area contributed by atoms with Crippen LogP contribution in [0.3, 0.4) is 0 Å². The van der Waals surface area contributed by atoms with Crippen LogP contribution in [-0.4, -0.2) is 11.4 Å². The maximum absolute atomic E-state index is 11.9. The summed E-state index contributed by atoms with van der Waals surface area (Å²) in [5.41, 5.74) is -0.102. The van der Waals surface area contributed by atoms with Crippen LogP contribution in [0.5, 0.6) is 0 Å². The summed E-state index contributed by atoms with van der Waals surface area (Å²) in [5, 5.41) is 3.07. The molecule has 0 aliphatic carbocycles. The molecule has 2 nitrogen and oxygen atoms in total. The van der Waals surface area contributed by atoms with Gasteiger partial charge in [-0.3, -0.25) is 4.79 Å². The van der Waals surface area contributed by atoms with Crippen molar-refractivity contribution >= 4 is 5.91 Å². The summed E-state index contributed by atoms with van der Waals surface area (Å²) in [6.45, 7) is 10.4. The number of hydrogen-bond acceptors (Lipinski definition) is 1. The molecule has 1 atom stereocenters. The molecule has 1 unspecified atom stereocenters. The molecule has 1 amide bonds. The first-order valence-electron chi connectivity index (χ1n) is 6.22. The molecular formula is C13H27NO. The lowest BCUT2D eigenvalue weighted by atomic mass is 9.95. The van der Waals surface area contributed by atoms with Gasteiger partial charge in [-0.2, -0.15) is 0 Å². The maximum atomic E-state index is 11.9. The van der Waals surface area contributed by atoms with Gasteiger partial charge in [-0.1, -0.05) is 33.1 Å². The van der Waals surface area contributed by atoms with E-state index in [1.807, 2.05) is 20.8 Å². The van der Waals surface area contributed by atoms with Crippen molar-refractivity contribution in [2.45, 2.75) is 72.3 Å². The molecule has 0 spiro atoms. The van der Waals surface area contributed by atoms with E-state index in [2.05, 4.69) is 19.2 Å². The van der Waals surface area contributed by atoms with E-state index in [1.165, 1.54) is 6.42 Å². The molecule has 0 aromatic rings. The average Bonchev–Trinajstić information content (AvgIpc) is 2.09. The molecule has 90 valence electrons. The molecule has 0 saturated carbocycles. The number of unbranched alkanes of at least 4 members (excludes halogenated alkanes) is 1. The van der Waals surface area contributed by atoms with Crippen molar-refractivity contribution in [3.63, 3.8) is 0 Å². The van der Waals surface area contributed by atoms with Crippen molar-refractivity contribution in [2.24, 2.45) is 5.92 Å². The second kappa shape index (κ2) is 6.86. The van der Waals surface area contributed by atoms with Gasteiger partial charge in [-0.05, 0) is 33.6 Å². The zero-order valence-electron chi connectivity index (χ0n) is 11.0. The number of hydrogen-bond donors (Lipinski definition) is 1. The first kappa shape index (κ1) is 14.5. The minimum absolute atomic E-state index is 0.102. The Morgan fingerprint density at radius 2 is 1.73 bits per heavy atom. The number of amides is 1. The maximum Gasteiger partial charge on any atom is 0.223 e. The molecule has 0 fully saturated rings. The predicted molar refractivity (Wildman–Crippen MR) is 65.8 cm³/mol. The molecule has 0 aromatic carbocycles. The van der Waals surface area contributed by atoms with Gasteiger partial charge in [-0.15, -0.1) is 0 Å². The topological polar surface area (TPSA) is 29.1 Å². The second-order valence-corrected chi connectivity index (χ2v) is 5.37. The average molecular weight is 213 g/mol. The first-order chi connectivity index (χ1) is 6.90. The zero-order valence-corrected chi connectivity index (χ0v) is 11.0. The van der Waals surface area contributed by atoms with Gasteiger partial charge >= 0.3 is 0 Å². The van der Waals surface area contributed by atoms with E-state index in [0.29, 0.717) is 0 Å². The van der Waals surface area contributed by atoms with Crippen LogP contribution in [0.1, 0.15) is 66.7 Å². The molecule has 0 saturated heterocycles. The first-order valence-corrected chi connectivity index (χ1v) is 6.22. The Kier molecular flexibility index (Phi) is 6.62. The van der Waals surface area contributed by atoms with Gasteiger partial charge in [-0.25, -0.2) is 0 Å². The predicted octanol–water partition coefficient (Wildman–Crippen LogP) is 3.51. The molecule has 0 rings (SSSR count). The highest BCUT2D eigenvalue weighted by molar-refractivity contribution is 5.79. The minimum atomic E-state index is -0.102. The Hall–Kier alpha value is -0.530. The summed E-state index contributed by atoms with van der Waals surface area (Å²) in [4.78, 5) is 11.9. The highest BCUT2D eigenvalue weighted by Crippen LogP contribution is 2.16. The zero-order chi connectivity index (χ0) is 11.9. The third-order valence-corrected chi connectivity index (χ3v) is 2.41. The number of carbonyl (C=O) groups excluding carboxylic acids is 1. The van der Waals surface area contributed by atoms with Gasteiger partial charge in [0.15, 0.2) is 0 Å². The van der Waals surface area contributed by atoms with Gasteiger partial charge in [0.2, 0.25) is 5.91 Å². The molecule has 0 aliphatic rings. The second-order valence-electron chi connectivity index (χ2n) is 5.37. The third-order valence-electron chi connectivity index (χ3n) is 2.41. The summed E-state index contributed by atoms with van der Waals surface area (Å²) in [6.07, 6.45) is 5.46. The Balaban J connectivity index is 4.15. The Morgan fingerprint density at radius 3 is 2.13 bits per heavy atom. The molecule has 1 N–H and O–H groups in total. The molecule has 0 bridgehead atoms. The quantitative estimate of drug-likeness (QED) is 0.718. The molecule has 0 heterocycles. The van der Waals surface area contributed by atoms with E-state index in [9.17, 15) is 4.79 Å². The number of nitrogens with one attached hydrogen (secondary N) is 1. The molecule has 15 heavy (non-hydrogen) atoms. The lowest BCUT2D eigenvalue weighted by Crippen LogP contribution is -2.43. The smallest absolute Gasteiger partial charge is 0.223 e. The van der Waals surface area contributed by atoms with Crippen LogP contribution in [0.4, 0.5) is 0 Å². The van der Waals surface area contributed by atoms with Crippen LogP contribution in [0.25, 0.3) is 0 Å². The van der Waals surface area contributed by atoms with Gasteiger partial charge < -0.3 is 5.32 Å². The van der Waals surface area contributed by atoms with Crippen LogP contribution in [0, 0.1) is 5.92 Å². The van der Waals surface area contributed by atoms with Crippen LogP contribution >= 0.6 is 0 Å². The van der Waals surface area contributed by atoms with Crippen molar-refractivity contribution in [1.29, 1.82) is 0 Å². The summed E-state index contributed by atoms with van der Waals surface area (Å²) >= 11 is 0. The SMILES string of the molecule is CCCCC(CCC)C(=O)NC(C)(C)C. The summed E-state index contributed by atoms with van der Waals surface area (Å²) < 4.78 is 0. The highest BCUT2D eigenvalue weighted by Gasteiger charge is 2.21. The Bertz CT molecular complexity index is 181. The van der Waals surface area contributed by atoms with E-state index < -0.39 is 0 Å². The highest BCUT2D eigenvalue weighted by atomic mass is 16.2. The fourth-order valence-corrected chi connectivity index (χ4v) is 1.68. The fourth-order valence-electron chi connectivity index (χ4n) is 1.68. The van der Waals surface area contributed by atoms with Crippen LogP contribution in [-0.2, 0) is 4.79 Å². The summed E-state index contributed by atoms with van der Waals surface area (Å²) in [5.74, 6) is 0.451. The third kappa shape index (κ3) is 7.40. The molecule has 2 heteroatoms. The van der Waals surface area contributed by atoms with Crippen LogP contribution < -0.4 is 5.32 Å². The van der Waals surface area contributed by atoms with Crippen molar-refractivity contribution in [3.8, 4) is 0 Å². The summed E-state index contributed by atoms with van der Waals surface area (Å²) in [6, 6.07) is 0. The summed E-state index contributed by atoms with van der Waals surface area (Å²) in [7, 11) is 0. The van der Waals surface area contributed by atoms with E-state index in [-0.39, 0.29) is 17.4 Å². The van der Waals surface area contributed by atoms with E-state index in [0.717, 1.165) is 25.7 Å². The van der Waals surface area contributed by atoms with Crippen LogP contribution in [0.2, 0.25) is 0 Å². The number of carbonyl (C=O) groups is 1. The normalized spacial score (nSPS) is 13.7. The van der Waals surface area contributed by atoms with Crippen molar-refractivity contribution < 1.29 is 4.79 Å². The van der Waals surface area contributed by atoms with Crippen molar-refractivity contribution in [3.05, 3.63) is 0 Å². The standard InChI is InChI=1S/C13H27NO/c1-6-8-10-11(9-7-2)12(15)14-13(3,4)5/h11H,6-10H2,1-5H3,(H,14,15). The van der Waals surface area contributed by atoms with Gasteiger partial charge in [0.25, 0.3) is 0 Å². The van der Waals surface area contributed by atoms with Crippen molar-refractivity contribution in [2.75, 3.05) is 0 Å². The molecule has 0 aromatic heterocycles. The van der Waals surface area contributed by atoms with Crippen LogP contribution in [0.15, 0.2) is 0 Å². The van der Waals surface area contributed by atoms with Crippen molar-refractivity contribution in [1.82, 2.24) is 5.32 Å². The lowest BCUT2D eigenvalue weighted by Gasteiger charge is -2.24. The fraction of sp³-hybridized carbons (Fsp3) is 0.923. The largest absolute Gasteiger partial charge is 0.351 e. The van der Waals surface area contributed by atoms with E-state index in [1.54, 1.807) is 0 Å². The minimum Gasteiger partial charge on any atom is -0.351 e.